The minimum absolute atomic E-state index is 0.476. The molecule has 0 saturated carbocycles. The van der Waals surface area contributed by atoms with Gasteiger partial charge in [0.15, 0.2) is 0 Å². The first-order valence-corrected chi connectivity index (χ1v) is 6.60. The Balaban J connectivity index is 2.76. The van der Waals surface area contributed by atoms with Crippen molar-refractivity contribution in [2.24, 2.45) is 5.73 Å². The molecule has 4 heteroatoms. The van der Waals surface area contributed by atoms with Crippen molar-refractivity contribution in [3.8, 4) is 5.75 Å². The Morgan fingerprint density at radius 2 is 2.18 bits per heavy atom. The summed E-state index contributed by atoms with van der Waals surface area (Å²) in [5.74, 6) is 0.931. The summed E-state index contributed by atoms with van der Waals surface area (Å²) in [6, 6.07) is 6.56. The van der Waals surface area contributed by atoms with E-state index in [2.05, 4.69) is 40.9 Å². The summed E-state index contributed by atoms with van der Waals surface area (Å²) in [5, 5.41) is 0. The monoisotopic (exact) mass is 300 g/mol. The predicted octanol–water partition coefficient (Wildman–Crippen LogP) is 2.63. The third kappa shape index (κ3) is 4.30. The number of benzene rings is 1. The first-order chi connectivity index (χ1) is 8.08. The van der Waals surface area contributed by atoms with E-state index >= 15 is 0 Å². The fraction of sp³-hybridized carbons (Fsp3) is 0.538. The average molecular weight is 301 g/mol. The minimum atomic E-state index is 0.476. The van der Waals surface area contributed by atoms with Crippen molar-refractivity contribution in [2.75, 3.05) is 20.7 Å². The summed E-state index contributed by atoms with van der Waals surface area (Å²) in [4.78, 5) is 2.29. The zero-order valence-electron chi connectivity index (χ0n) is 10.7. The zero-order valence-corrected chi connectivity index (χ0v) is 12.3. The van der Waals surface area contributed by atoms with Crippen LogP contribution in [0, 0.1) is 0 Å². The molecule has 0 radical (unpaired) electrons. The van der Waals surface area contributed by atoms with Crippen molar-refractivity contribution >= 4 is 15.9 Å². The molecule has 0 heterocycles. The minimum Gasteiger partial charge on any atom is -0.496 e. The van der Waals surface area contributed by atoms with Gasteiger partial charge in [-0.25, -0.2) is 0 Å². The molecule has 1 unspecified atom stereocenters. The Morgan fingerprint density at radius 1 is 1.47 bits per heavy atom. The lowest BCUT2D eigenvalue weighted by atomic mass is 10.1. The van der Waals surface area contributed by atoms with Gasteiger partial charge in [-0.2, -0.15) is 0 Å². The molecule has 1 aromatic carbocycles. The van der Waals surface area contributed by atoms with Crippen molar-refractivity contribution in [3.05, 3.63) is 28.2 Å². The van der Waals surface area contributed by atoms with Crippen LogP contribution in [-0.4, -0.2) is 31.6 Å². The molecular formula is C13H21BrN2O. The number of methoxy groups -OCH3 is 1. The summed E-state index contributed by atoms with van der Waals surface area (Å²) in [7, 11) is 3.82. The van der Waals surface area contributed by atoms with Crippen LogP contribution in [0.25, 0.3) is 0 Å². The van der Waals surface area contributed by atoms with Crippen molar-refractivity contribution in [3.63, 3.8) is 0 Å². The second-order valence-corrected chi connectivity index (χ2v) is 5.21. The van der Waals surface area contributed by atoms with E-state index in [1.165, 1.54) is 5.56 Å². The molecule has 1 rings (SSSR count). The molecule has 3 nitrogen and oxygen atoms in total. The van der Waals surface area contributed by atoms with Gasteiger partial charge in [0.25, 0.3) is 0 Å². The number of rotatable bonds is 6. The molecule has 0 aliphatic rings. The van der Waals surface area contributed by atoms with Gasteiger partial charge in [0.05, 0.1) is 7.11 Å². The van der Waals surface area contributed by atoms with Crippen LogP contribution in [0.1, 0.15) is 18.9 Å². The number of halogens is 1. The molecule has 2 N–H and O–H groups in total. The van der Waals surface area contributed by atoms with Crippen LogP contribution < -0.4 is 10.5 Å². The van der Waals surface area contributed by atoms with Crippen LogP contribution in [0.5, 0.6) is 5.75 Å². The van der Waals surface area contributed by atoms with Crippen LogP contribution in [0.15, 0.2) is 22.7 Å². The normalized spacial score (nSPS) is 12.8. The maximum atomic E-state index is 5.58. The Bertz CT molecular complexity index is 357. The van der Waals surface area contributed by atoms with Gasteiger partial charge in [-0.15, -0.1) is 0 Å². The zero-order chi connectivity index (χ0) is 12.8. The molecule has 0 saturated heterocycles. The maximum Gasteiger partial charge on any atom is 0.123 e. The van der Waals surface area contributed by atoms with E-state index in [1.807, 2.05) is 12.1 Å². The molecule has 0 fully saturated rings. The molecule has 0 aliphatic heterocycles. The van der Waals surface area contributed by atoms with Gasteiger partial charge in [0.1, 0.15) is 5.75 Å². The van der Waals surface area contributed by atoms with E-state index in [-0.39, 0.29) is 0 Å². The van der Waals surface area contributed by atoms with Gasteiger partial charge in [-0.05, 0) is 45.1 Å². The molecule has 1 aromatic rings. The van der Waals surface area contributed by atoms with Crippen LogP contribution in [0.2, 0.25) is 0 Å². The fourth-order valence-corrected chi connectivity index (χ4v) is 2.17. The van der Waals surface area contributed by atoms with Crippen LogP contribution >= 0.6 is 15.9 Å². The van der Waals surface area contributed by atoms with Crippen molar-refractivity contribution in [2.45, 2.75) is 25.9 Å². The lowest BCUT2D eigenvalue weighted by Crippen LogP contribution is -2.30. The molecule has 17 heavy (non-hydrogen) atoms. The standard InChI is InChI=1S/C13H21BrN2O/c1-10(6-7-15)16(2)9-11-8-12(14)4-5-13(11)17-3/h4-5,8,10H,6-7,9,15H2,1-3H3. The topological polar surface area (TPSA) is 38.5 Å². The summed E-state index contributed by atoms with van der Waals surface area (Å²) in [6.45, 7) is 3.78. The average Bonchev–Trinajstić information content (AvgIpc) is 2.29. The SMILES string of the molecule is COc1ccc(Br)cc1CN(C)C(C)CCN. The molecule has 1 atom stereocenters. The van der Waals surface area contributed by atoms with E-state index < -0.39 is 0 Å². The number of hydrogen-bond acceptors (Lipinski definition) is 3. The third-order valence-corrected chi connectivity index (χ3v) is 3.49. The Kier molecular flexibility index (Phi) is 5.95. The van der Waals surface area contributed by atoms with E-state index in [4.69, 9.17) is 10.5 Å². The second-order valence-electron chi connectivity index (χ2n) is 4.30. The molecular weight excluding hydrogens is 280 g/mol. The molecule has 0 amide bonds. The fourth-order valence-electron chi connectivity index (χ4n) is 1.76. The lowest BCUT2D eigenvalue weighted by molar-refractivity contribution is 0.237. The maximum absolute atomic E-state index is 5.58. The quantitative estimate of drug-likeness (QED) is 0.878. The van der Waals surface area contributed by atoms with E-state index in [1.54, 1.807) is 7.11 Å². The molecule has 0 spiro atoms. The van der Waals surface area contributed by atoms with Crippen molar-refractivity contribution in [1.29, 1.82) is 0 Å². The summed E-state index contributed by atoms with van der Waals surface area (Å²) >= 11 is 3.49. The predicted molar refractivity (Wildman–Crippen MR) is 75.3 cm³/mol. The van der Waals surface area contributed by atoms with Gasteiger partial charge in [-0.3, -0.25) is 4.90 Å². The number of hydrogen-bond donors (Lipinski definition) is 1. The summed E-state index contributed by atoms with van der Waals surface area (Å²) in [6.07, 6.45) is 1.01. The number of ether oxygens (including phenoxy) is 1. The van der Waals surface area contributed by atoms with Gasteiger partial charge >= 0.3 is 0 Å². The Morgan fingerprint density at radius 3 is 2.76 bits per heavy atom. The molecule has 0 bridgehead atoms. The van der Waals surface area contributed by atoms with E-state index in [9.17, 15) is 0 Å². The summed E-state index contributed by atoms with van der Waals surface area (Å²) < 4.78 is 6.45. The highest BCUT2D eigenvalue weighted by atomic mass is 79.9. The second kappa shape index (κ2) is 6.99. The van der Waals surface area contributed by atoms with Crippen molar-refractivity contribution in [1.82, 2.24) is 4.90 Å². The van der Waals surface area contributed by atoms with E-state index in [0.29, 0.717) is 6.04 Å². The van der Waals surface area contributed by atoms with Crippen LogP contribution in [0.4, 0.5) is 0 Å². The number of nitrogens with zero attached hydrogens (tertiary/aromatic N) is 1. The van der Waals surface area contributed by atoms with E-state index in [0.717, 1.165) is 29.7 Å². The molecule has 0 aliphatic carbocycles. The van der Waals surface area contributed by atoms with Gasteiger partial charge in [-0.1, -0.05) is 15.9 Å². The van der Waals surface area contributed by atoms with Crippen LogP contribution in [-0.2, 0) is 6.54 Å². The highest BCUT2D eigenvalue weighted by Crippen LogP contribution is 2.24. The third-order valence-electron chi connectivity index (χ3n) is 3.00. The largest absolute Gasteiger partial charge is 0.496 e. The van der Waals surface area contributed by atoms with Gasteiger partial charge in [0, 0.05) is 22.6 Å². The van der Waals surface area contributed by atoms with Crippen molar-refractivity contribution < 1.29 is 4.74 Å². The smallest absolute Gasteiger partial charge is 0.123 e. The lowest BCUT2D eigenvalue weighted by Gasteiger charge is -2.25. The Labute approximate surface area is 112 Å². The first-order valence-electron chi connectivity index (χ1n) is 5.81. The van der Waals surface area contributed by atoms with Crippen LogP contribution in [0.3, 0.4) is 0 Å². The van der Waals surface area contributed by atoms with Gasteiger partial charge in [0.2, 0.25) is 0 Å². The Hall–Kier alpha value is -0.580. The van der Waals surface area contributed by atoms with Gasteiger partial charge < -0.3 is 10.5 Å². The molecule has 96 valence electrons. The molecule has 0 aromatic heterocycles. The first kappa shape index (κ1) is 14.5. The number of nitrogens with two attached hydrogens (primary N) is 1. The highest BCUT2D eigenvalue weighted by Gasteiger charge is 2.11. The highest BCUT2D eigenvalue weighted by molar-refractivity contribution is 9.10. The summed E-state index contributed by atoms with van der Waals surface area (Å²) in [5.41, 5.74) is 6.77.